The van der Waals surface area contributed by atoms with Crippen LogP contribution in [0.4, 0.5) is 0 Å². The zero-order chi connectivity index (χ0) is 16.4. The number of ether oxygens (including phenoxy) is 2. The molecule has 2 rings (SSSR count). The molecular formula is C13H16O9. The minimum Gasteiger partial charge on any atom is -0.507 e. The van der Waals surface area contributed by atoms with Crippen LogP contribution in [0.2, 0.25) is 0 Å². The molecule has 0 saturated carbocycles. The lowest BCUT2D eigenvalue weighted by atomic mass is 9.99. The first-order valence-corrected chi connectivity index (χ1v) is 6.39. The first-order valence-electron chi connectivity index (χ1n) is 6.39. The number of rotatable bonds is 4. The van der Waals surface area contributed by atoms with Crippen LogP contribution in [0.15, 0.2) is 18.2 Å². The predicted molar refractivity (Wildman–Crippen MR) is 69.5 cm³/mol. The third-order valence-corrected chi connectivity index (χ3v) is 3.31. The van der Waals surface area contributed by atoms with Crippen LogP contribution in [0.25, 0.3) is 0 Å². The highest BCUT2D eigenvalue weighted by Gasteiger charge is 2.45. The van der Waals surface area contributed by atoms with Crippen molar-refractivity contribution in [2.45, 2.75) is 30.7 Å². The number of hydrogen-bond acceptors (Lipinski definition) is 8. The lowest BCUT2D eigenvalue weighted by molar-refractivity contribution is -0.277. The number of hydrogen-bond donors (Lipinski definition) is 6. The molecule has 122 valence electrons. The SMILES string of the molecule is O=C(O)c1c(O)cccc1O[C@@H]1O[C@H](CO)[C@@H](O)[C@H](O)[C@H]1O. The van der Waals surface area contributed by atoms with Crippen LogP contribution < -0.4 is 4.74 Å². The van der Waals surface area contributed by atoms with Gasteiger partial charge in [0.15, 0.2) is 0 Å². The van der Waals surface area contributed by atoms with E-state index in [-0.39, 0.29) is 5.75 Å². The Balaban J connectivity index is 2.27. The maximum absolute atomic E-state index is 11.1. The van der Waals surface area contributed by atoms with Gasteiger partial charge in [-0.05, 0) is 12.1 Å². The third kappa shape index (κ3) is 2.98. The molecular weight excluding hydrogens is 300 g/mol. The van der Waals surface area contributed by atoms with Gasteiger partial charge in [-0.2, -0.15) is 0 Å². The van der Waals surface area contributed by atoms with Gasteiger partial charge in [-0.3, -0.25) is 0 Å². The van der Waals surface area contributed by atoms with Crippen molar-refractivity contribution in [3.63, 3.8) is 0 Å². The van der Waals surface area contributed by atoms with Gasteiger partial charge in [-0.15, -0.1) is 0 Å². The highest BCUT2D eigenvalue weighted by atomic mass is 16.7. The zero-order valence-electron chi connectivity index (χ0n) is 11.2. The van der Waals surface area contributed by atoms with Crippen molar-refractivity contribution >= 4 is 5.97 Å². The molecule has 0 radical (unpaired) electrons. The Labute approximate surface area is 124 Å². The molecule has 5 atom stereocenters. The van der Waals surface area contributed by atoms with Crippen LogP contribution in [0.5, 0.6) is 11.5 Å². The molecule has 1 aliphatic heterocycles. The lowest BCUT2D eigenvalue weighted by Crippen LogP contribution is -2.60. The van der Waals surface area contributed by atoms with Gasteiger partial charge in [0.25, 0.3) is 0 Å². The number of benzene rings is 1. The molecule has 0 amide bonds. The zero-order valence-corrected chi connectivity index (χ0v) is 11.2. The average molecular weight is 316 g/mol. The summed E-state index contributed by atoms with van der Waals surface area (Å²) in [6.07, 6.45) is -7.60. The second kappa shape index (κ2) is 6.46. The predicted octanol–water partition coefficient (Wildman–Crippen LogP) is -1.73. The Morgan fingerprint density at radius 3 is 2.45 bits per heavy atom. The molecule has 1 aromatic carbocycles. The van der Waals surface area contributed by atoms with Crippen molar-refractivity contribution in [3.8, 4) is 11.5 Å². The Bertz CT molecular complexity index is 544. The van der Waals surface area contributed by atoms with Crippen LogP contribution >= 0.6 is 0 Å². The van der Waals surface area contributed by atoms with Gasteiger partial charge < -0.3 is 40.1 Å². The van der Waals surface area contributed by atoms with E-state index in [1.165, 1.54) is 12.1 Å². The summed E-state index contributed by atoms with van der Waals surface area (Å²) in [6, 6.07) is 3.69. The van der Waals surface area contributed by atoms with E-state index in [2.05, 4.69) is 0 Å². The second-order valence-corrected chi connectivity index (χ2v) is 4.77. The molecule has 0 unspecified atom stereocenters. The van der Waals surface area contributed by atoms with E-state index in [0.717, 1.165) is 6.07 Å². The summed E-state index contributed by atoms with van der Waals surface area (Å²) < 4.78 is 10.3. The fraction of sp³-hybridized carbons (Fsp3) is 0.462. The van der Waals surface area contributed by atoms with Gasteiger partial charge in [-0.25, -0.2) is 4.79 Å². The Morgan fingerprint density at radius 1 is 1.18 bits per heavy atom. The van der Waals surface area contributed by atoms with Gasteiger partial charge in [0.1, 0.15) is 41.5 Å². The van der Waals surface area contributed by atoms with E-state index in [0.29, 0.717) is 0 Å². The quantitative estimate of drug-likeness (QED) is 0.380. The molecule has 9 heteroatoms. The smallest absolute Gasteiger partial charge is 0.343 e. The number of carboxylic acid groups (broad SMARTS) is 1. The highest BCUT2D eigenvalue weighted by Crippen LogP contribution is 2.31. The maximum Gasteiger partial charge on any atom is 0.343 e. The maximum atomic E-state index is 11.1. The van der Waals surface area contributed by atoms with Crippen molar-refractivity contribution in [1.29, 1.82) is 0 Å². The van der Waals surface area contributed by atoms with Crippen LogP contribution in [-0.4, -0.2) is 73.9 Å². The molecule has 1 fully saturated rings. The number of aromatic carboxylic acids is 1. The molecule has 1 aliphatic rings. The lowest BCUT2D eigenvalue weighted by Gasteiger charge is -2.39. The van der Waals surface area contributed by atoms with Crippen LogP contribution in [0.1, 0.15) is 10.4 Å². The number of carboxylic acids is 1. The molecule has 0 aliphatic carbocycles. The molecule has 1 saturated heterocycles. The Morgan fingerprint density at radius 2 is 1.86 bits per heavy atom. The molecule has 1 aromatic rings. The summed E-state index contributed by atoms with van der Waals surface area (Å²) in [7, 11) is 0. The van der Waals surface area contributed by atoms with E-state index in [4.69, 9.17) is 19.7 Å². The minimum absolute atomic E-state index is 0.295. The molecule has 9 nitrogen and oxygen atoms in total. The second-order valence-electron chi connectivity index (χ2n) is 4.77. The van der Waals surface area contributed by atoms with E-state index in [1.807, 2.05) is 0 Å². The highest BCUT2D eigenvalue weighted by molar-refractivity contribution is 5.93. The summed E-state index contributed by atoms with van der Waals surface area (Å²) in [5.74, 6) is -2.30. The molecule has 0 bridgehead atoms. The standard InChI is InChI=1S/C13H16O9/c14-4-7-9(16)10(17)11(18)13(22-7)21-6-3-1-2-5(15)8(6)12(19)20/h1-3,7,9-11,13-18H,4H2,(H,19,20)/t7-,9-,10+,11-,13-/m1/s1. The number of aliphatic hydroxyl groups is 4. The summed E-state index contributed by atoms with van der Waals surface area (Å²) in [4.78, 5) is 11.1. The largest absolute Gasteiger partial charge is 0.507 e. The third-order valence-electron chi connectivity index (χ3n) is 3.31. The fourth-order valence-electron chi connectivity index (χ4n) is 2.12. The van der Waals surface area contributed by atoms with E-state index in [1.54, 1.807) is 0 Å². The van der Waals surface area contributed by atoms with Crippen LogP contribution in [-0.2, 0) is 4.74 Å². The topological polar surface area (TPSA) is 157 Å². The van der Waals surface area contributed by atoms with Gasteiger partial charge in [0.05, 0.1) is 6.61 Å². The van der Waals surface area contributed by atoms with Crippen molar-refractivity contribution in [1.82, 2.24) is 0 Å². The molecule has 0 spiro atoms. The minimum atomic E-state index is -1.68. The summed E-state index contributed by atoms with van der Waals surface area (Å²) in [5.41, 5.74) is -0.542. The Hall–Kier alpha value is -1.91. The first-order chi connectivity index (χ1) is 10.4. The van der Waals surface area contributed by atoms with Crippen molar-refractivity contribution in [3.05, 3.63) is 23.8 Å². The van der Waals surface area contributed by atoms with Crippen molar-refractivity contribution in [2.24, 2.45) is 0 Å². The summed E-state index contributed by atoms with van der Waals surface area (Å²) in [6.45, 7) is -0.642. The Kier molecular flexibility index (Phi) is 4.84. The molecule has 0 aromatic heterocycles. The normalized spacial score (nSPS) is 31.7. The van der Waals surface area contributed by atoms with Crippen molar-refractivity contribution < 1.29 is 44.9 Å². The van der Waals surface area contributed by atoms with Crippen LogP contribution in [0.3, 0.4) is 0 Å². The van der Waals surface area contributed by atoms with Crippen molar-refractivity contribution in [2.75, 3.05) is 6.61 Å². The molecule has 1 heterocycles. The number of phenols is 1. The summed E-state index contributed by atoms with van der Waals surface area (Å²) >= 11 is 0. The van der Waals surface area contributed by atoms with Gasteiger partial charge >= 0.3 is 5.97 Å². The van der Waals surface area contributed by atoms with Gasteiger partial charge in [-0.1, -0.05) is 6.07 Å². The number of aromatic hydroxyl groups is 1. The average Bonchev–Trinajstić information content (AvgIpc) is 2.47. The number of aliphatic hydroxyl groups excluding tert-OH is 4. The first kappa shape index (κ1) is 16.5. The number of carbonyl (C=O) groups is 1. The monoisotopic (exact) mass is 316 g/mol. The van der Waals surface area contributed by atoms with Gasteiger partial charge in [0.2, 0.25) is 6.29 Å². The van der Waals surface area contributed by atoms with Gasteiger partial charge in [0, 0.05) is 0 Å². The molecule has 22 heavy (non-hydrogen) atoms. The van der Waals surface area contributed by atoms with E-state index in [9.17, 15) is 25.2 Å². The fourth-order valence-corrected chi connectivity index (χ4v) is 2.12. The van der Waals surface area contributed by atoms with E-state index >= 15 is 0 Å². The summed E-state index contributed by atoms with van der Waals surface area (Å²) in [5, 5.41) is 56.8. The van der Waals surface area contributed by atoms with E-state index < -0.39 is 54.6 Å². The van der Waals surface area contributed by atoms with Crippen LogP contribution in [0, 0.1) is 0 Å². The molecule has 6 N–H and O–H groups in total.